The molecule has 278 valence electrons. The van der Waals surface area contributed by atoms with Crippen LogP contribution in [-0.2, 0) is 25.2 Å². The van der Waals surface area contributed by atoms with Crippen molar-refractivity contribution in [2.24, 2.45) is 5.41 Å². The van der Waals surface area contributed by atoms with E-state index >= 15 is 0 Å². The van der Waals surface area contributed by atoms with Gasteiger partial charge in [0.25, 0.3) is 5.91 Å². The lowest BCUT2D eigenvalue weighted by Crippen LogP contribution is -2.47. The lowest BCUT2D eigenvalue weighted by molar-refractivity contribution is -0.131. The quantitative estimate of drug-likeness (QED) is 0.0503. The zero-order chi connectivity index (χ0) is 38.3. The average molecular weight is 747 g/mol. The number of halogens is 1. The number of carbonyl (C=O) groups is 3. The molecule has 0 aliphatic rings. The van der Waals surface area contributed by atoms with Gasteiger partial charge in [-0.2, -0.15) is 4.68 Å². The van der Waals surface area contributed by atoms with Gasteiger partial charge in [-0.3, -0.25) is 14.4 Å². The molecular weight excluding hydrogens is 696 g/mol. The Balaban J connectivity index is 1.41. The summed E-state index contributed by atoms with van der Waals surface area (Å²) in [5.74, 6) is -0.635. The zero-order valence-corrected chi connectivity index (χ0v) is 33.2. The van der Waals surface area contributed by atoms with E-state index < -0.39 is 21.3 Å². The largest absolute Gasteiger partial charge is 0.493 e. The first-order valence-corrected chi connectivity index (χ1v) is 18.9. The molecule has 2 amide bonds. The van der Waals surface area contributed by atoms with E-state index in [1.54, 1.807) is 57.2 Å². The van der Waals surface area contributed by atoms with Crippen LogP contribution >= 0.6 is 23.4 Å². The molecule has 1 unspecified atom stereocenters. The summed E-state index contributed by atoms with van der Waals surface area (Å²) < 4.78 is 5.56. The fraction of sp³-hybridized carbons (Fsp3) is 0.450. The third-order valence-electron chi connectivity index (χ3n) is 9.41. The molecule has 52 heavy (non-hydrogen) atoms. The fourth-order valence-electron chi connectivity index (χ4n) is 5.30. The highest BCUT2D eigenvalue weighted by Crippen LogP contribution is 2.43. The van der Waals surface area contributed by atoms with Crippen molar-refractivity contribution < 1.29 is 19.1 Å². The summed E-state index contributed by atoms with van der Waals surface area (Å²) in [7, 11) is 0. The number of hydrogen-bond donors (Lipinski definition) is 2. The number of Topliss-reactive ketones (excluding diaryl/α,β-unsaturated/α-hetero) is 1. The first-order chi connectivity index (χ1) is 24.4. The lowest BCUT2D eigenvalue weighted by Gasteiger charge is -2.30. The number of para-hydroxylation sites is 1. The highest BCUT2D eigenvalue weighted by atomic mass is 35.5. The van der Waals surface area contributed by atoms with E-state index in [0.29, 0.717) is 30.1 Å². The number of amides is 2. The van der Waals surface area contributed by atoms with Crippen molar-refractivity contribution in [2.75, 3.05) is 17.2 Å². The number of aromatic nitrogens is 4. The summed E-state index contributed by atoms with van der Waals surface area (Å²) in [4.78, 5) is 40.5. The van der Waals surface area contributed by atoms with E-state index in [1.165, 1.54) is 15.8 Å². The summed E-state index contributed by atoms with van der Waals surface area (Å²) in [5.41, 5.74) is 2.97. The average Bonchev–Trinajstić information content (AvgIpc) is 3.57. The van der Waals surface area contributed by atoms with E-state index in [4.69, 9.17) is 16.3 Å². The maximum atomic E-state index is 13.8. The van der Waals surface area contributed by atoms with Crippen LogP contribution in [0.4, 0.5) is 11.4 Å². The molecular formula is C40H51ClN6O4S. The van der Waals surface area contributed by atoms with Crippen molar-refractivity contribution in [2.45, 2.75) is 108 Å². The maximum absolute atomic E-state index is 13.8. The number of benzene rings is 3. The molecule has 1 aromatic heterocycles. The van der Waals surface area contributed by atoms with Crippen molar-refractivity contribution in [3.63, 3.8) is 0 Å². The van der Waals surface area contributed by atoms with Gasteiger partial charge in [-0.15, -0.1) is 5.10 Å². The molecule has 1 atom stereocenters. The van der Waals surface area contributed by atoms with E-state index in [-0.39, 0.29) is 28.3 Å². The standard InChI is InChI=1S/C40H51ClN6O4S/c1-10-38(6,7)27-22-23-32(31(25-27)39(8,9)11-2)51-24-16-21-33(48)42-28-17-15-18-29(26-28)43-35(50)40(41,34(49)37(3,4)5)52-36-44-45-46-47(36)30-19-13-12-14-20-30/h12-15,17-20,22-23,25-26H,10-11,16,21,24H2,1-9H3,(H,42,48)(H,43,50). The Morgan fingerprint density at radius 1 is 0.827 bits per heavy atom. The molecule has 0 aliphatic carbocycles. The van der Waals surface area contributed by atoms with Crippen LogP contribution < -0.4 is 15.4 Å². The number of alkyl halides is 1. The van der Waals surface area contributed by atoms with Crippen LogP contribution in [-0.4, -0.2) is 48.6 Å². The van der Waals surface area contributed by atoms with Gasteiger partial charge < -0.3 is 15.4 Å². The van der Waals surface area contributed by atoms with Crippen molar-refractivity contribution >= 4 is 52.3 Å². The number of thioether (sulfide) groups is 1. The summed E-state index contributed by atoms with van der Waals surface area (Å²) in [5, 5.41) is 17.7. The van der Waals surface area contributed by atoms with Crippen LogP contribution in [0.15, 0.2) is 78.0 Å². The second kappa shape index (κ2) is 16.6. The highest BCUT2D eigenvalue weighted by Gasteiger charge is 2.51. The number of rotatable bonds is 16. The Hall–Kier alpha value is -4.22. The molecule has 3 aromatic carbocycles. The third-order valence-corrected chi connectivity index (χ3v) is 11.1. The van der Waals surface area contributed by atoms with Gasteiger partial charge in [0.15, 0.2) is 5.78 Å². The first kappa shape index (κ1) is 40.5. The molecule has 1 heterocycles. The zero-order valence-electron chi connectivity index (χ0n) is 31.7. The van der Waals surface area contributed by atoms with Gasteiger partial charge in [0.05, 0.1) is 12.3 Å². The van der Waals surface area contributed by atoms with Crippen molar-refractivity contribution in [3.05, 3.63) is 83.9 Å². The monoisotopic (exact) mass is 746 g/mol. The fourth-order valence-corrected chi connectivity index (χ4v) is 6.94. The Morgan fingerprint density at radius 2 is 1.48 bits per heavy atom. The van der Waals surface area contributed by atoms with Gasteiger partial charge in [-0.25, -0.2) is 0 Å². The molecule has 0 saturated carbocycles. The van der Waals surface area contributed by atoms with E-state index in [2.05, 4.69) is 85.9 Å². The number of hydrogen-bond acceptors (Lipinski definition) is 8. The first-order valence-electron chi connectivity index (χ1n) is 17.7. The van der Waals surface area contributed by atoms with E-state index in [1.807, 2.05) is 18.2 Å². The summed E-state index contributed by atoms with van der Waals surface area (Å²) in [6.07, 6.45) is 2.75. The van der Waals surface area contributed by atoms with Gasteiger partial charge in [0, 0.05) is 28.8 Å². The van der Waals surface area contributed by atoms with Crippen molar-refractivity contribution in [1.29, 1.82) is 0 Å². The van der Waals surface area contributed by atoms with Crippen LogP contribution in [0, 0.1) is 5.41 Å². The van der Waals surface area contributed by atoms with Gasteiger partial charge in [0.1, 0.15) is 5.75 Å². The Labute approximate surface area is 316 Å². The Morgan fingerprint density at radius 3 is 2.12 bits per heavy atom. The smallest absolute Gasteiger partial charge is 0.264 e. The van der Waals surface area contributed by atoms with Gasteiger partial charge in [-0.1, -0.05) is 110 Å². The minimum atomic E-state index is -2.11. The SMILES string of the molecule is CCC(C)(C)c1ccc(OCCCC(=O)Nc2cccc(NC(=O)C(Cl)(Sc3nnnn3-c3ccccc3)C(=O)C(C)(C)C)c2)c(C(C)(C)CC)c1. The minimum Gasteiger partial charge on any atom is -0.493 e. The topological polar surface area (TPSA) is 128 Å². The predicted molar refractivity (Wildman–Crippen MR) is 210 cm³/mol. The summed E-state index contributed by atoms with van der Waals surface area (Å²) in [6.45, 7) is 18.8. The molecule has 0 fully saturated rings. The predicted octanol–water partition coefficient (Wildman–Crippen LogP) is 9.12. The third kappa shape index (κ3) is 9.80. The number of nitrogens with zero attached hydrogens (tertiary/aromatic N) is 4. The number of carbonyl (C=O) groups excluding carboxylic acids is 3. The second-order valence-corrected chi connectivity index (χ2v) is 17.2. The molecule has 2 N–H and O–H groups in total. The van der Waals surface area contributed by atoms with Crippen LogP contribution in [0.25, 0.3) is 5.69 Å². The molecule has 0 radical (unpaired) electrons. The van der Waals surface area contributed by atoms with E-state index in [0.717, 1.165) is 30.4 Å². The summed E-state index contributed by atoms with van der Waals surface area (Å²) >= 11 is 7.71. The normalized spacial score (nSPS) is 13.3. The Bertz CT molecular complexity index is 1870. The Kier molecular flexibility index (Phi) is 13.0. The molecule has 4 rings (SSSR count). The number of nitrogens with one attached hydrogen (secondary N) is 2. The summed E-state index contributed by atoms with van der Waals surface area (Å²) in [6, 6.07) is 22.3. The van der Waals surface area contributed by atoms with Gasteiger partial charge in [-0.05, 0) is 94.2 Å². The highest BCUT2D eigenvalue weighted by molar-refractivity contribution is 8.03. The van der Waals surface area contributed by atoms with Crippen LogP contribution in [0.5, 0.6) is 5.75 Å². The number of tetrazole rings is 1. The lowest BCUT2D eigenvalue weighted by atomic mass is 9.76. The van der Waals surface area contributed by atoms with Gasteiger partial charge in [0.2, 0.25) is 15.3 Å². The molecule has 0 spiro atoms. The van der Waals surface area contributed by atoms with Crippen LogP contribution in [0.3, 0.4) is 0 Å². The van der Waals surface area contributed by atoms with E-state index in [9.17, 15) is 14.4 Å². The minimum absolute atomic E-state index is 0.0619. The molecule has 0 bridgehead atoms. The molecule has 12 heteroatoms. The molecule has 4 aromatic rings. The van der Waals surface area contributed by atoms with Gasteiger partial charge >= 0.3 is 0 Å². The van der Waals surface area contributed by atoms with Crippen molar-refractivity contribution in [1.82, 2.24) is 20.2 Å². The number of anilines is 2. The van der Waals surface area contributed by atoms with Crippen LogP contribution in [0.1, 0.15) is 99.1 Å². The number of ketones is 1. The maximum Gasteiger partial charge on any atom is 0.264 e. The van der Waals surface area contributed by atoms with Crippen LogP contribution in [0.2, 0.25) is 0 Å². The molecule has 0 saturated heterocycles. The number of ether oxygens (including phenoxy) is 1. The molecule has 0 aliphatic heterocycles. The van der Waals surface area contributed by atoms with Crippen molar-refractivity contribution in [3.8, 4) is 11.4 Å². The molecule has 10 nitrogen and oxygen atoms in total. The second-order valence-electron chi connectivity index (χ2n) is 15.2.